The van der Waals surface area contributed by atoms with E-state index in [4.69, 9.17) is 4.74 Å². The molecule has 0 spiro atoms. The number of hydrogen-bond acceptors (Lipinski definition) is 2. The summed E-state index contributed by atoms with van der Waals surface area (Å²) in [6, 6.07) is 1.88. The Balaban J connectivity index is 2.60. The maximum atomic E-state index is 11.7. The highest BCUT2D eigenvalue weighted by atomic mass is 16.6. The van der Waals surface area contributed by atoms with Gasteiger partial charge in [-0.15, -0.1) is 0 Å². The van der Waals surface area contributed by atoms with Crippen molar-refractivity contribution in [2.24, 2.45) is 0 Å². The number of H-pyrrole nitrogens is 1. The fourth-order valence-corrected chi connectivity index (χ4v) is 1.42. The number of unbranched alkanes of at least 4 members (excludes halogenated alkanes) is 1. The molecule has 1 aromatic rings. The Morgan fingerprint density at radius 2 is 2.12 bits per heavy atom. The van der Waals surface area contributed by atoms with Gasteiger partial charge in [0.2, 0.25) is 0 Å². The molecular weight excluding hydrogens is 202 g/mol. The summed E-state index contributed by atoms with van der Waals surface area (Å²) >= 11 is 0. The summed E-state index contributed by atoms with van der Waals surface area (Å²) in [5, 5.41) is 0. The number of aromatic amines is 1. The molecule has 0 aliphatic carbocycles. The number of hydrogen-bond donors (Lipinski definition) is 1. The van der Waals surface area contributed by atoms with E-state index in [0.29, 0.717) is 5.69 Å². The summed E-state index contributed by atoms with van der Waals surface area (Å²) in [5.74, 6) is -0.282. The van der Waals surface area contributed by atoms with Crippen LogP contribution in [0.1, 0.15) is 56.6 Å². The van der Waals surface area contributed by atoms with E-state index in [-0.39, 0.29) is 5.97 Å². The third-order valence-electron chi connectivity index (χ3n) is 2.18. The third-order valence-corrected chi connectivity index (χ3v) is 2.18. The lowest BCUT2D eigenvalue weighted by atomic mass is 10.1. The Morgan fingerprint density at radius 1 is 1.44 bits per heavy atom. The van der Waals surface area contributed by atoms with Crippen molar-refractivity contribution in [3.05, 3.63) is 23.5 Å². The lowest BCUT2D eigenvalue weighted by molar-refractivity contribution is 0.00636. The van der Waals surface area contributed by atoms with Crippen molar-refractivity contribution in [1.29, 1.82) is 0 Å². The molecule has 0 saturated carbocycles. The minimum absolute atomic E-state index is 0.282. The van der Waals surface area contributed by atoms with Crippen LogP contribution in [0.15, 0.2) is 12.3 Å². The minimum atomic E-state index is -0.439. The second-order valence-electron chi connectivity index (χ2n) is 5.03. The molecule has 0 radical (unpaired) electrons. The van der Waals surface area contributed by atoms with Crippen LogP contribution in [-0.2, 0) is 11.2 Å². The number of nitrogens with one attached hydrogen (secondary N) is 1. The van der Waals surface area contributed by atoms with Crippen molar-refractivity contribution >= 4 is 5.97 Å². The summed E-state index contributed by atoms with van der Waals surface area (Å²) in [5.41, 5.74) is 1.27. The summed E-state index contributed by atoms with van der Waals surface area (Å²) in [6.07, 6.45) is 5.20. The average molecular weight is 223 g/mol. The number of carbonyl (C=O) groups is 1. The van der Waals surface area contributed by atoms with Crippen LogP contribution in [-0.4, -0.2) is 16.6 Å². The van der Waals surface area contributed by atoms with Crippen molar-refractivity contribution in [2.75, 3.05) is 0 Å². The van der Waals surface area contributed by atoms with Crippen molar-refractivity contribution in [3.63, 3.8) is 0 Å². The average Bonchev–Trinajstić information content (AvgIpc) is 2.60. The quantitative estimate of drug-likeness (QED) is 0.796. The SMILES string of the molecule is CCCCc1c[nH]c(C(=O)OC(C)(C)C)c1. The van der Waals surface area contributed by atoms with E-state index in [0.717, 1.165) is 19.3 Å². The Hall–Kier alpha value is -1.25. The number of carbonyl (C=O) groups excluding carboxylic acids is 1. The van der Waals surface area contributed by atoms with E-state index in [9.17, 15) is 4.79 Å². The third kappa shape index (κ3) is 4.09. The van der Waals surface area contributed by atoms with Gasteiger partial charge < -0.3 is 9.72 Å². The summed E-state index contributed by atoms with van der Waals surface area (Å²) in [7, 11) is 0. The van der Waals surface area contributed by atoms with Crippen LogP contribution < -0.4 is 0 Å². The van der Waals surface area contributed by atoms with Crippen LogP contribution in [0.3, 0.4) is 0 Å². The van der Waals surface area contributed by atoms with Crippen LogP contribution in [0.25, 0.3) is 0 Å². The Bertz CT molecular complexity index is 347. The first-order valence-corrected chi connectivity index (χ1v) is 5.83. The summed E-state index contributed by atoms with van der Waals surface area (Å²) < 4.78 is 5.27. The second-order valence-corrected chi connectivity index (χ2v) is 5.03. The predicted molar refractivity (Wildman–Crippen MR) is 64.6 cm³/mol. The Morgan fingerprint density at radius 3 is 2.69 bits per heavy atom. The molecule has 0 aliphatic heterocycles. The number of ether oxygens (including phenoxy) is 1. The molecule has 0 bridgehead atoms. The van der Waals surface area contributed by atoms with Gasteiger partial charge in [0.05, 0.1) is 0 Å². The van der Waals surface area contributed by atoms with E-state index >= 15 is 0 Å². The molecule has 1 aromatic heterocycles. The van der Waals surface area contributed by atoms with Gasteiger partial charge in [-0.05, 0) is 45.2 Å². The first-order valence-electron chi connectivity index (χ1n) is 5.83. The highest BCUT2D eigenvalue weighted by molar-refractivity contribution is 5.87. The molecule has 3 nitrogen and oxygen atoms in total. The summed E-state index contributed by atoms with van der Waals surface area (Å²) in [6.45, 7) is 7.75. The predicted octanol–water partition coefficient (Wildman–Crippen LogP) is 3.31. The van der Waals surface area contributed by atoms with Gasteiger partial charge in [-0.1, -0.05) is 13.3 Å². The van der Waals surface area contributed by atoms with Crippen LogP contribution >= 0.6 is 0 Å². The monoisotopic (exact) mass is 223 g/mol. The number of aryl methyl sites for hydroxylation is 1. The lowest BCUT2D eigenvalue weighted by Crippen LogP contribution is -2.24. The molecule has 0 saturated heterocycles. The molecule has 0 unspecified atom stereocenters. The van der Waals surface area contributed by atoms with Gasteiger partial charge in [-0.2, -0.15) is 0 Å². The van der Waals surface area contributed by atoms with Gasteiger partial charge in [0, 0.05) is 6.20 Å². The van der Waals surface area contributed by atoms with E-state index < -0.39 is 5.60 Å². The zero-order valence-electron chi connectivity index (χ0n) is 10.6. The molecule has 0 amide bonds. The molecule has 1 rings (SSSR count). The van der Waals surface area contributed by atoms with Crippen molar-refractivity contribution in [2.45, 2.75) is 52.6 Å². The van der Waals surface area contributed by atoms with Crippen LogP contribution in [0.2, 0.25) is 0 Å². The first-order chi connectivity index (χ1) is 7.42. The Labute approximate surface area is 97.2 Å². The molecule has 0 aromatic carbocycles. The van der Waals surface area contributed by atoms with E-state index in [1.54, 1.807) is 0 Å². The lowest BCUT2D eigenvalue weighted by Gasteiger charge is -2.18. The maximum absolute atomic E-state index is 11.7. The number of esters is 1. The van der Waals surface area contributed by atoms with Gasteiger partial charge >= 0.3 is 5.97 Å². The van der Waals surface area contributed by atoms with Crippen LogP contribution in [0, 0.1) is 0 Å². The fraction of sp³-hybridized carbons (Fsp3) is 0.615. The molecule has 0 fully saturated rings. The van der Waals surface area contributed by atoms with Crippen molar-refractivity contribution in [1.82, 2.24) is 4.98 Å². The van der Waals surface area contributed by atoms with Crippen LogP contribution in [0.5, 0.6) is 0 Å². The smallest absolute Gasteiger partial charge is 0.355 e. The van der Waals surface area contributed by atoms with Gasteiger partial charge in [-0.25, -0.2) is 4.79 Å². The van der Waals surface area contributed by atoms with E-state index in [1.165, 1.54) is 5.56 Å². The standard InChI is InChI=1S/C13H21NO2/c1-5-6-7-10-8-11(14-9-10)12(15)16-13(2,3)4/h8-9,14H,5-7H2,1-4H3. The van der Waals surface area contributed by atoms with Crippen molar-refractivity contribution < 1.29 is 9.53 Å². The van der Waals surface area contributed by atoms with Gasteiger partial charge in [-0.3, -0.25) is 0 Å². The normalized spacial score (nSPS) is 11.5. The number of rotatable bonds is 4. The van der Waals surface area contributed by atoms with Crippen molar-refractivity contribution in [3.8, 4) is 0 Å². The molecular formula is C13H21NO2. The largest absolute Gasteiger partial charge is 0.455 e. The van der Waals surface area contributed by atoms with Gasteiger partial charge in [0.25, 0.3) is 0 Å². The molecule has 16 heavy (non-hydrogen) atoms. The molecule has 1 heterocycles. The summed E-state index contributed by atoms with van der Waals surface area (Å²) in [4.78, 5) is 14.7. The molecule has 90 valence electrons. The zero-order chi connectivity index (χ0) is 12.2. The molecule has 1 N–H and O–H groups in total. The van der Waals surface area contributed by atoms with E-state index in [1.807, 2.05) is 33.0 Å². The highest BCUT2D eigenvalue weighted by Crippen LogP contribution is 2.13. The molecule has 0 aliphatic rings. The maximum Gasteiger partial charge on any atom is 0.355 e. The fourth-order valence-electron chi connectivity index (χ4n) is 1.42. The zero-order valence-corrected chi connectivity index (χ0v) is 10.6. The van der Waals surface area contributed by atoms with E-state index in [2.05, 4.69) is 11.9 Å². The minimum Gasteiger partial charge on any atom is -0.455 e. The van der Waals surface area contributed by atoms with Gasteiger partial charge in [0.1, 0.15) is 11.3 Å². The molecule has 3 heteroatoms. The number of aromatic nitrogens is 1. The van der Waals surface area contributed by atoms with Crippen LogP contribution in [0.4, 0.5) is 0 Å². The second kappa shape index (κ2) is 5.19. The topological polar surface area (TPSA) is 42.1 Å². The molecule has 0 atom stereocenters. The van der Waals surface area contributed by atoms with Gasteiger partial charge in [0.15, 0.2) is 0 Å². The highest BCUT2D eigenvalue weighted by Gasteiger charge is 2.18. The Kier molecular flexibility index (Phi) is 4.16. The first kappa shape index (κ1) is 12.8.